The van der Waals surface area contributed by atoms with Crippen molar-refractivity contribution in [3.63, 3.8) is 0 Å². The molecule has 186 valence electrons. The Kier molecular flexibility index (Phi) is 6.77. The highest BCUT2D eigenvalue weighted by Gasteiger charge is 2.19. The molecule has 0 bridgehead atoms. The van der Waals surface area contributed by atoms with Crippen molar-refractivity contribution in [3.05, 3.63) is 72.0 Å². The largest absolute Gasteiger partial charge is 0.439 e. The third-order valence-corrected chi connectivity index (χ3v) is 7.14. The second-order valence-electron chi connectivity index (χ2n) is 8.21. The van der Waals surface area contributed by atoms with E-state index in [0.717, 1.165) is 37.4 Å². The number of sulfonamides is 1. The van der Waals surface area contributed by atoms with E-state index in [-0.39, 0.29) is 16.7 Å². The first-order chi connectivity index (χ1) is 17.4. The van der Waals surface area contributed by atoms with E-state index >= 15 is 0 Å². The van der Waals surface area contributed by atoms with Gasteiger partial charge in [-0.3, -0.25) is 4.68 Å². The van der Waals surface area contributed by atoms with E-state index in [1.54, 1.807) is 37.4 Å². The van der Waals surface area contributed by atoms with E-state index in [4.69, 9.17) is 16.3 Å². The van der Waals surface area contributed by atoms with Crippen LogP contribution in [0.1, 0.15) is 0 Å². The molecule has 12 heteroatoms. The van der Waals surface area contributed by atoms with E-state index < -0.39 is 10.0 Å². The smallest absolute Gasteiger partial charge is 0.267 e. The Labute approximate surface area is 214 Å². The Balaban J connectivity index is 1.44. The number of halogens is 1. The zero-order valence-electron chi connectivity index (χ0n) is 19.4. The van der Waals surface area contributed by atoms with Gasteiger partial charge in [-0.1, -0.05) is 23.7 Å². The molecule has 2 aromatic heterocycles. The lowest BCUT2D eigenvalue weighted by Gasteiger charge is -2.29. The van der Waals surface area contributed by atoms with Crippen LogP contribution >= 0.6 is 11.6 Å². The zero-order chi connectivity index (χ0) is 25.1. The van der Waals surface area contributed by atoms with Gasteiger partial charge < -0.3 is 15.0 Å². The van der Waals surface area contributed by atoms with Gasteiger partial charge in [-0.25, -0.2) is 18.1 Å². The second-order valence-corrected chi connectivity index (χ2v) is 10.3. The van der Waals surface area contributed by atoms with Gasteiger partial charge in [0.2, 0.25) is 11.8 Å². The maximum absolute atomic E-state index is 12.9. The van der Waals surface area contributed by atoms with Gasteiger partial charge in [0.1, 0.15) is 10.6 Å². The Hall–Kier alpha value is -3.67. The molecule has 0 amide bonds. The maximum atomic E-state index is 12.9. The predicted molar refractivity (Wildman–Crippen MR) is 138 cm³/mol. The molecule has 1 fully saturated rings. The van der Waals surface area contributed by atoms with E-state index in [0.29, 0.717) is 16.5 Å². The molecular formula is C24H24ClN7O3S. The summed E-state index contributed by atoms with van der Waals surface area (Å²) in [6, 6.07) is 16.4. The van der Waals surface area contributed by atoms with E-state index in [2.05, 4.69) is 30.0 Å². The summed E-state index contributed by atoms with van der Waals surface area (Å²) in [4.78, 5) is 11.0. The van der Waals surface area contributed by atoms with Crippen molar-refractivity contribution in [3.8, 4) is 22.9 Å². The number of piperazine rings is 1. The second kappa shape index (κ2) is 10.1. The maximum Gasteiger partial charge on any atom is 0.267 e. The molecule has 2 N–H and O–H groups in total. The normalized spacial score (nSPS) is 14.0. The van der Waals surface area contributed by atoms with Crippen molar-refractivity contribution in [2.75, 3.05) is 35.8 Å². The van der Waals surface area contributed by atoms with Gasteiger partial charge in [0.05, 0.1) is 11.9 Å². The first-order valence-corrected chi connectivity index (χ1v) is 13.1. The fraction of sp³-hybridized carbons (Fsp3) is 0.208. The van der Waals surface area contributed by atoms with Crippen LogP contribution in [0.25, 0.3) is 11.3 Å². The van der Waals surface area contributed by atoms with Gasteiger partial charge in [-0.15, -0.1) is 0 Å². The molecular weight excluding hydrogens is 502 g/mol. The minimum absolute atomic E-state index is 0.00327. The summed E-state index contributed by atoms with van der Waals surface area (Å²) in [5.74, 6) is 0.628. The molecule has 0 aliphatic carbocycles. The van der Waals surface area contributed by atoms with Crippen molar-refractivity contribution in [2.24, 2.45) is 7.05 Å². The van der Waals surface area contributed by atoms with Crippen LogP contribution in [0, 0.1) is 0 Å². The summed E-state index contributed by atoms with van der Waals surface area (Å²) in [5.41, 5.74) is 2.30. The topological polar surface area (TPSA) is 114 Å². The molecule has 2 aromatic carbocycles. The third-order valence-electron chi connectivity index (χ3n) is 5.60. The highest BCUT2D eigenvalue weighted by atomic mass is 35.5. The summed E-state index contributed by atoms with van der Waals surface area (Å²) in [5, 5.41) is 7.84. The molecule has 0 saturated carbocycles. The number of aromatic nitrogens is 4. The molecule has 1 aliphatic rings. The minimum atomic E-state index is -3.95. The van der Waals surface area contributed by atoms with Gasteiger partial charge in [0.15, 0.2) is 0 Å². The number of aryl methyl sites for hydroxylation is 1. The van der Waals surface area contributed by atoms with Crippen LogP contribution in [-0.4, -0.2) is 54.3 Å². The number of hydrogen-bond acceptors (Lipinski definition) is 8. The molecule has 0 atom stereocenters. The monoisotopic (exact) mass is 525 g/mol. The molecule has 0 unspecified atom stereocenters. The molecule has 0 spiro atoms. The average Bonchev–Trinajstić information content (AvgIpc) is 3.32. The summed E-state index contributed by atoms with van der Waals surface area (Å²) in [6.45, 7) is 3.78. The lowest BCUT2D eigenvalue weighted by atomic mass is 10.1. The summed E-state index contributed by atoms with van der Waals surface area (Å²) in [6.07, 6.45) is 2.64. The van der Waals surface area contributed by atoms with Crippen molar-refractivity contribution < 1.29 is 13.2 Å². The zero-order valence-corrected chi connectivity index (χ0v) is 21.0. The quantitative estimate of drug-likeness (QED) is 0.376. The molecule has 3 heterocycles. The Morgan fingerprint density at radius 2 is 1.75 bits per heavy atom. The summed E-state index contributed by atoms with van der Waals surface area (Å²) < 4.78 is 35.5. The van der Waals surface area contributed by atoms with Gasteiger partial charge >= 0.3 is 0 Å². The molecule has 36 heavy (non-hydrogen) atoms. The van der Waals surface area contributed by atoms with Crippen LogP contribution in [0.2, 0.25) is 5.02 Å². The van der Waals surface area contributed by atoms with Gasteiger partial charge in [-0.05, 0) is 36.4 Å². The molecule has 10 nitrogen and oxygen atoms in total. The van der Waals surface area contributed by atoms with Gasteiger partial charge in [-0.2, -0.15) is 10.1 Å². The van der Waals surface area contributed by atoms with Crippen molar-refractivity contribution in [1.29, 1.82) is 0 Å². The van der Waals surface area contributed by atoms with Gasteiger partial charge in [0.25, 0.3) is 10.0 Å². The van der Waals surface area contributed by atoms with E-state index in [1.807, 2.05) is 24.3 Å². The molecule has 5 rings (SSSR count). The van der Waals surface area contributed by atoms with Crippen LogP contribution < -0.4 is 19.7 Å². The lowest BCUT2D eigenvalue weighted by Crippen LogP contribution is -2.43. The average molecular weight is 526 g/mol. The number of rotatable bonds is 7. The number of nitrogens with zero attached hydrogens (tertiary/aromatic N) is 5. The number of hydrogen-bond donors (Lipinski definition) is 2. The van der Waals surface area contributed by atoms with E-state index in [1.165, 1.54) is 17.1 Å². The van der Waals surface area contributed by atoms with Crippen LogP contribution in [0.4, 0.5) is 11.6 Å². The highest BCUT2D eigenvalue weighted by Crippen LogP contribution is 2.29. The first-order valence-electron chi connectivity index (χ1n) is 11.3. The standard InChI is InChI=1S/C24H24ClN7O3S/c1-31-16-21(15-27-31)36(33,34)30-24-28-22(17-2-4-18(25)5-3-17)14-23(29-24)35-20-8-6-19(7-9-20)32-12-10-26-11-13-32/h2-9,14-16,26H,10-13H2,1H3,(H,28,29,30). The number of anilines is 2. The van der Waals surface area contributed by atoms with Crippen molar-refractivity contribution >= 4 is 33.3 Å². The highest BCUT2D eigenvalue weighted by molar-refractivity contribution is 7.92. The SMILES string of the molecule is Cn1cc(S(=O)(=O)Nc2nc(Oc3ccc(N4CCNCC4)cc3)cc(-c3ccc(Cl)cc3)n2)cn1. The number of benzene rings is 2. The Morgan fingerprint density at radius 3 is 2.42 bits per heavy atom. The third kappa shape index (κ3) is 5.59. The van der Waals surface area contributed by atoms with Crippen LogP contribution in [0.3, 0.4) is 0 Å². The Morgan fingerprint density at radius 1 is 1.03 bits per heavy atom. The van der Waals surface area contributed by atoms with Gasteiger partial charge in [0, 0.05) is 61.8 Å². The van der Waals surface area contributed by atoms with Crippen LogP contribution in [0.15, 0.2) is 71.9 Å². The minimum Gasteiger partial charge on any atom is -0.439 e. The molecule has 4 aromatic rings. The van der Waals surface area contributed by atoms with Crippen molar-refractivity contribution in [2.45, 2.75) is 4.90 Å². The van der Waals surface area contributed by atoms with Crippen molar-refractivity contribution in [1.82, 2.24) is 25.1 Å². The fourth-order valence-corrected chi connectivity index (χ4v) is 4.83. The molecule has 1 saturated heterocycles. The Bertz CT molecular complexity index is 1450. The van der Waals surface area contributed by atoms with Crippen LogP contribution in [0.5, 0.6) is 11.6 Å². The lowest BCUT2D eigenvalue weighted by molar-refractivity contribution is 0.463. The molecule has 0 radical (unpaired) electrons. The summed E-state index contributed by atoms with van der Waals surface area (Å²) in [7, 11) is -2.32. The first kappa shape index (κ1) is 24.0. The predicted octanol–water partition coefficient (Wildman–Crippen LogP) is 3.53. The summed E-state index contributed by atoms with van der Waals surface area (Å²) >= 11 is 6.03. The number of ether oxygens (including phenoxy) is 1. The number of nitrogens with one attached hydrogen (secondary N) is 2. The molecule has 1 aliphatic heterocycles. The van der Waals surface area contributed by atoms with Crippen LogP contribution in [-0.2, 0) is 17.1 Å². The van der Waals surface area contributed by atoms with E-state index in [9.17, 15) is 8.42 Å². The fourth-order valence-electron chi connectivity index (χ4n) is 3.78.